The standard InChI is InChI=1S/C11H20N4O/c1-3-16-6-4-5-13-7-10-8-14-11(12-2)15-9-10/h8-9,13H,3-7H2,1-2H3,(H,12,14,15). The van der Waals surface area contributed by atoms with E-state index in [1.165, 1.54) is 0 Å². The van der Waals surface area contributed by atoms with Gasteiger partial charge in [0, 0.05) is 44.8 Å². The Morgan fingerprint density at radius 2 is 2.06 bits per heavy atom. The third kappa shape index (κ3) is 5.04. The topological polar surface area (TPSA) is 59.1 Å². The molecule has 0 fully saturated rings. The fourth-order valence-electron chi connectivity index (χ4n) is 1.25. The maximum atomic E-state index is 5.24. The van der Waals surface area contributed by atoms with Crippen molar-refractivity contribution >= 4 is 5.95 Å². The molecular weight excluding hydrogens is 204 g/mol. The Bertz CT molecular complexity index is 276. The fourth-order valence-corrected chi connectivity index (χ4v) is 1.25. The van der Waals surface area contributed by atoms with Gasteiger partial charge in [0.1, 0.15) is 0 Å². The Balaban J connectivity index is 2.12. The van der Waals surface area contributed by atoms with Crippen LogP contribution in [0.25, 0.3) is 0 Å². The van der Waals surface area contributed by atoms with Gasteiger partial charge in [-0.25, -0.2) is 9.97 Å². The summed E-state index contributed by atoms with van der Waals surface area (Å²) in [7, 11) is 1.81. The van der Waals surface area contributed by atoms with E-state index in [0.717, 1.165) is 38.3 Å². The second-order valence-electron chi connectivity index (χ2n) is 3.39. The quantitative estimate of drug-likeness (QED) is 0.646. The maximum Gasteiger partial charge on any atom is 0.222 e. The van der Waals surface area contributed by atoms with Crippen LogP contribution in [-0.2, 0) is 11.3 Å². The number of nitrogens with one attached hydrogen (secondary N) is 2. The molecule has 1 rings (SSSR count). The maximum absolute atomic E-state index is 5.24. The van der Waals surface area contributed by atoms with Crippen molar-refractivity contribution in [3.63, 3.8) is 0 Å². The lowest BCUT2D eigenvalue weighted by Crippen LogP contribution is -2.16. The van der Waals surface area contributed by atoms with Gasteiger partial charge in [-0.15, -0.1) is 0 Å². The molecule has 1 aromatic heterocycles. The van der Waals surface area contributed by atoms with Gasteiger partial charge in [-0.05, 0) is 19.9 Å². The molecule has 0 unspecified atom stereocenters. The molecule has 0 atom stereocenters. The molecule has 0 amide bonds. The highest BCUT2D eigenvalue weighted by Gasteiger charge is 1.95. The Labute approximate surface area is 96.6 Å². The van der Waals surface area contributed by atoms with E-state index < -0.39 is 0 Å². The highest BCUT2D eigenvalue weighted by Crippen LogP contribution is 1.98. The first-order valence-electron chi connectivity index (χ1n) is 5.64. The molecule has 0 aliphatic rings. The molecule has 0 saturated carbocycles. The first-order valence-corrected chi connectivity index (χ1v) is 5.64. The van der Waals surface area contributed by atoms with Crippen LogP contribution in [0.3, 0.4) is 0 Å². The first kappa shape index (κ1) is 12.9. The van der Waals surface area contributed by atoms with Crippen molar-refractivity contribution in [2.45, 2.75) is 19.9 Å². The van der Waals surface area contributed by atoms with E-state index in [1.807, 2.05) is 19.3 Å². The van der Waals surface area contributed by atoms with Crippen LogP contribution in [0.1, 0.15) is 18.9 Å². The fraction of sp³-hybridized carbons (Fsp3) is 0.636. The third-order valence-corrected chi connectivity index (χ3v) is 2.10. The van der Waals surface area contributed by atoms with Crippen molar-refractivity contribution in [2.24, 2.45) is 0 Å². The van der Waals surface area contributed by atoms with Crippen molar-refractivity contribution in [3.8, 4) is 0 Å². The highest BCUT2D eigenvalue weighted by atomic mass is 16.5. The summed E-state index contributed by atoms with van der Waals surface area (Å²) in [5.41, 5.74) is 1.09. The molecule has 1 heterocycles. The number of hydrogen-bond donors (Lipinski definition) is 2. The molecule has 5 heteroatoms. The van der Waals surface area contributed by atoms with E-state index in [-0.39, 0.29) is 0 Å². The summed E-state index contributed by atoms with van der Waals surface area (Å²) in [5, 5.41) is 6.20. The third-order valence-electron chi connectivity index (χ3n) is 2.10. The molecule has 0 saturated heterocycles. The van der Waals surface area contributed by atoms with Crippen LogP contribution in [0.4, 0.5) is 5.95 Å². The Morgan fingerprint density at radius 3 is 2.69 bits per heavy atom. The van der Waals surface area contributed by atoms with Crippen LogP contribution < -0.4 is 10.6 Å². The zero-order chi connectivity index (χ0) is 11.6. The number of aromatic nitrogens is 2. The average molecular weight is 224 g/mol. The van der Waals surface area contributed by atoms with Crippen LogP contribution in [0, 0.1) is 0 Å². The molecule has 0 aliphatic carbocycles. The Morgan fingerprint density at radius 1 is 1.31 bits per heavy atom. The predicted octanol–water partition coefficient (Wildman–Crippen LogP) is 1.03. The van der Waals surface area contributed by atoms with E-state index in [1.54, 1.807) is 7.05 Å². The summed E-state index contributed by atoms with van der Waals surface area (Å²) in [6.07, 6.45) is 4.69. The van der Waals surface area contributed by atoms with Gasteiger partial charge in [0.2, 0.25) is 5.95 Å². The highest BCUT2D eigenvalue weighted by molar-refractivity contribution is 5.22. The van der Waals surface area contributed by atoms with E-state index in [2.05, 4.69) is 20.6 Å². The molecule has 90 valence electrons. The van der Waals surface area contributed by atoms with Gasteiger partial charge in [-0.1, -0.05) is 0 Å². The van der Waals surface area contributed by atoms with Gasteiger partial charge < -0.3 is 15.4 Å². The largest absolute Gasteiger partial charge is 0.382 e. The lowest BCUT2D eigenvalue weighted by atomic mass is 10.3. The first-order chi connectivity index (χ1) is 7.86. The minimum Gasteiger partial charge on any atom is -0.382 e. The molecule has 16 heavy (non-hydrogen) atoms. The zero-order valence-electron chi connectivity index (χ0n) is 9.99. The van der Waals surface area contributed by atoms with E-state index in [9.17, 15) is 0 Å². The minimum absolute atomic E-state index is 0.653. The molecule has 1 aromatic rings. The van der Waals surface area contributed by atoms with Crippen LogP contribution in [0.15, 0.2) is 12.4 Å². The Hall–Kier alpha value is -1.20. The summed E-state index contributed by atoms with van der Waals surface area (Å²) >= 11 is 0. The molecule has 0 radical (unpaired) electrons. The minimum atomic E-state index is 0.653. The summed E-state index contributed by atoms with van der Waals surface area (Å²) in [5.74, 6) is 0.653. The van der Waals surface area contributed by atoms with Crippen molar-refractivity contribution in [3.05, 3.63) is 18.0 Å². The van der Waals surface area contributed by atoms with E-state index in [0.29, 0.717) is 5.95 Å². The summed E-state index contributed by atoms with van der Waals surface area (Å²) in [6.45, 7) is 5.37. The Kier molecular flexibility index (Phi) is 6.44. The molecule has 5 nitrogen and oxygen atoms in total. The molecule has 0 aliphatic heterocycles. The van der Waals surface area contributed by atoms with Crippen LogP contribution in [0.2, 0.25) is 0 Å². The second-order valence-corrected chi connectivity index (χ2v) is 3.39. The number of ether oxygens (including phenoxy) is 1. The van der Waals surface area contributed by atoms with Crippen molar-refractivity contribution < 1.29 is 4.74 Å². The van der Waals surface area contributed by atoms with Gasteiger partial charge in [0.15, 0.2) is 0 Å². The molecule has 0 spiro atoms. The van der Waals surface area contributed by atoms with Crippen molar-refractivity contribution in [2.75, 3.05) is 32.1 Å². The molecule has 2 N–H and O–H groups in total. The number of hydrogen-bond acceptors (Lipinski definition) is 5. The molecule has 0 bridgehead atoms. The summed E-state index contributed by atoms with van der Waals surface area (Å²) < 4.78 is 5.24. The SMILES string of the molecule is CCOCCCNCc1cnc(NC)nc1. The summed E-state index contributed by atoms with van der Waals surface area (Å²) in [4.78, 5) is 8.28. The van der Waals surface area contributed by atoms with Gasteiger partial charge in [-0.2, -0.15) is 0 Å². The predicted molar refractivity (Wildman–Crippen MR) is 64.4 cm³/mol. The van der Waals surface area contributed by atoms with Crippen LogP contribution in [0.5, 0.6) is 0 Å². The lowest BCUT2D eigenvalue weighted by Gasteiger charge is -2.05. The second kappa shape index (κ2) is 8.01. The van der Waals surface area contributed by atoms with Gasteiger partial charge in [0.25, 0.3) is 0 Å². The van der Waals surface area contributed by atoms with Gasteiger partial charge >= 0.3 is 0 Å². The van der Waals surface area contributed by atoms with Crippen LogP contribution >= 0.6 is 0 Å². The smallest absolute Gasteiger partial charge is 0.222 e. The van der Waals surface area contributed by atoms with Crippen molar-refractivity contribution in [1.29, 1.82) is 0 Å². The number of rotatable bonds is 8. The number of nitrogens with zero attached hydrogens (tertiary/aromatic N) is 2. The molecular formula is C11H20N4O. The monoisotopic (exact) mass is 224 g/mol. The number of anilines is 1. The normalized spacial score (nSPS) is 10.4. The summed E-state index contributed by atoms with van der Waals surface area (Å²) in [6, 6.07) is 0. The van der Waals surface area contributed by atoms with E-state index >= 15 is 0 Å². The van der Waals surface area contributed by atoms with Gasteiger partial charge in [0.05, 0.1) is 0 Å². The van der Waals surface area contributed by atoms with Crippen LogP contribution in [-0.4, -0.2) is 36.8 Å². The zero-order valence-corrected chi connectivity index (χ0v) is 9.99. The van der Waals surface area contributed by atoms with Crippen molar-refractivity contribution in [1.82, 2.24) is 15.3 Å². The van der Waals surface area contributed by atoms with E-state index in [4.69, 9.17) is 4.74 Å². The van der Waals surface area contributed by atoms with Gasteiger partial charge in [-0.3, -0.25) is 0 Å². The molecule has 0 aromatic carbocycles. The average Bonchev–Trinajstić information content (AvgIpc) is 2.34. The lowest BCUT2D eigenvalue weighted by molar-refractivity contribution is 0.144.